The number of H-pyrrole nitrogens is 1. The topological polar surface area (TPSA) is 95.3 Å². The van der Waals surface area contributed by atoms with E-state index in [1.165, 1.54) is 0 Å². The number of fused-ring (bicyclic) bond motifs is 1. The second-order valence-electron chi connectivity index (χ2n) is 5.15. The van der Waals surface area contributed by atoms with Crippen molar-refractivity contribution in [2.45, 2.75) is 6.92 Å². The molecule has 0 bridgehead atoms. The highest BCUT2D eigenvalue weighted by Crippen LogP contribution is 2.33. The molecule has 22 heavy (non-hydrogen) atoms. The van der Waals surface area contributed by atoms with E-state index in [-0.39, 0.29) is 0 Å². The van der Waals surface area contributed by atoms with Gasteiger partial charge in [0.25, 0.3) is 5.56 Å². The lowest BCUT2D eigenvalue weighted by Crippen LogP contribution is -2.19. The minimum absolute atomic E-state index is 0.325. The third kappa shape index (κ3) is 1.88. The average molecular weight is 298 g/mol. The Kier molecular flexibility index (Phi) is 3.02. The number of carboxylic acid groups (broad SMARTS) is 1. The number of carbonyl (C=O) groups is 1. The number of hydrogen-bond donors (Lipinski definition) is 3. The number of aryl methyl sites for hydroxylation is 1. The molecule has 0 fully saturated rings. The normalized spacial score (nSPS) is 11.0. The molecule has 3 N–H and O–H groups in total. The van der Waals surface area contributed by atoms with Gasteiger partial charge in [-0.3, -0.25) is 4.79 Å². The highest BCUT2D eigenvalue weighted by Gasteiger charge is 2.21. The maximum atomic E-state index is 12.0. The van der Waals surface area contributed by atoms with Crippen molar-refractivity contribution >= 4 is 16.9 Å². The molecule has 0 saturated heterocycles. The summed E-state index contributed by atoms with van der Waals surface area (Å²) < 4.78 is 1.91. The minimum atomic E-state index is -1.45. The molecule has 3 aromatic rings. The van der Waals surface area contributed by atoms with Crippen LogP contribution in [0.15, 0.2) is 35.3 Å². The lowest BCUT2D eigenvalue weighted by Gasteiger charge is -2.12. The number of aromatic amines is 1. The fourth-order valence-electron chi connectivity index (χ4n) is 2.71. The smallest absolute Gasteiger partial charge is 0.345 e. The molecule has 0 aliphatic rings. The first kappa shape index (κ1) is 13.9. The predicted octanol–water partition coefficient (Wildman–Crippen LogP) is 2.25. The van der Waals surface area contributed by atoms with Crippen LogP contribution in [0.3, 0.4) is 0 Å². The monoisotopic (exact) mass is 298 g/mol. The van der Waals surface area contributed by atoms with E-state index in [1.807, 2.05) is 42.1 Å². The number of para-hydroxylation sites is 1. The Hall–Kier alpha value is -3.02. The van der Waals surface area contributed by atoms with Crippen LogP contribution in [0, 0.1) is 6.92 Å². The van der Waals surface area contributed by atoms with Gasteiger partial charge in [0.2, 0.25) is 0 Å². The molecule has 0 aliphatic heterocycles. The summed E-state index contributed by atoms with van der Waals surface area (Å²) in [5, 5.41) is 20.1. The van der Waals surface area contributed by atoms with E-state index in [2.05, 4.69) is 4.98 Å². The van der Waals surface area contributed by atoms with E-state index in [1.54, 1.807) is 6.92 Å². The first-order valence-corrected chi connectivity index (χ1v) is 6.65. The van der Waals surface area contributed by atoms with Crippen LogP contribution in [-0.2, 0) is 7.05 Å². The quantitative estimate of drug-likeness (QED) is 0.676. The summed E-state index contributed by atoms with van der Waals surface area (Å²) in [5.41, 5.74) is 0.901. The molecule has 3 rings (SSSR count). The summed E-state index contributed by atoms with van der Waals surface area (Å²) in [5.74, 6) is -1.96. The van der Waals surface area contributed by atoms with E-state index in [0.717, 1.165) is 16.5 Å². The third-order valence-corrected chi connectivity index (χ3v) is 3.81. The van der Waals surface area contributed by atoms with Crippen LogP contribution in [0.25, 0.3) is 22.2 Å². The van der Waals surface area contributed by atoms with E-state index in [9.17, 15) is 14.7 Å². The summed E-state index contributed by atoms with van der Waals surface area (Å²) in [4.78, 5) is 25.6. The summed E-state index contributed by atoms with van der Waals surface area (Å²) in [6.45, 7) is 1.58. The molecule has 2 aromatic heterocycles. The number of rotatable bonds is 2. The molecule has 0 spiro atoms. The maximum Gasteiger partial charge on any atom is 0.345 e. The third-order valence-electron chi connectivity index (χ3n) is 3.81. The Labute approximate surface area is 125 Å². The van der Waals surface area contributed by atoms with Gasteiger partial charge in [-0.05, 0) is 13.0 Å². The molecule has 0 aliphatic carbocycles. The number of aromatic hydroxyl groups is 1. The molecule has 1 aromatic carbocycles. The number of aromatic nitrogens is 2. The van der Waals surface area contributed by atoms with Gasteiger partial charge in [-0.2, -0.15) is 0 Å². The van der Waals surface area contributed by atoms with Gasteiger partial charge in [-0.15, -0.1) is 0 Å². The summed E-state index contributed by atoms with van der Waals surface area (Å²) in [6.07, 6.45) is 1.90. The number of benzene rings is 1. The van der Waals surface area contributed by atoms with Gasteiger partial charge in [0.15, 0.2) is 5.56 Å². The number of aromatic carboxylic acids is 1. The Morgan fingerprint density at radius 1 is 1.27 bits per heavy atom. The van der Waals surface area contributed by atoms with E-state index < -0.39 is 22.8 Å². The molecule has 0 atom stereocenters. The molecule has 0 saturated carbocycles. The van der Waals surface area contributed by atoms with Gasteiger partial charge >= 0.3 is 5.97 Å². The van der Waals surface area contributed by atoms with Crippen molar-refractivity contribution in [1.29, 1.82) is 0 Å². The summed E-state index contributed by atoms with van der Waals surface area (Å²) >= 11 is 0. The molecule has 0 radical (unpaired) electrons. The van der Waals surface area contributed by atoms with E-state index in [4.69, 9.17) is 5.11 Å². The highest BCUT2D eigenvalue weighted by molar-refractivity contribution is 5.96. The summed E-state index contributed by atoms with van der Waals surface area (Å²) in [7, 11) is 1.88. The molecule has 2 heterocycles. The molecule has 6 heteroatoms. The fourth-order valence-corrected chi connectivity index (χ4v) is 2.71. The zero-order valence-corrected chi connectivity index (χ0v) is 12.0. The molecule has 0 unspecified atom stereocenters. The van der Waals surface area contributed by atoms with Crippen LogP contribution in [0.1, 0.15) is 15.9 Å². The second kappa shape index (κ2) is 4.77. The van der Waals surface area contributed by atoms with E-state index >= 15 is 0 Å². The van der Waals surface area contributed by atoms with Crippen LogP contribution in [-0.4, -0.2) is 25.7 Å². The van der Waals surface area contributed by atoms with Crippen LogP contribution >= 0.6 is 0 Å². The average Bonchev–Trinajstić information content (AvgIpc) is 2.84. The van der Waals surface area contributed by atoms with Crippen molar-refractivity contribution in [3.8, 4) is 17.0 Å². The van der Waals surface area contributed by atoms with Gasteiger partial charge in [0, 0.05) is 29.8 Å². The Morgan fingerprint density at radius 2 is 2.00 bits per heavy atom. The SMILES string of the molecule is Cc1c(-c2cccc3ccn(C)c23)[nH]c(=O)c(C(=O)O)c1O. The van der Waals surface area contributed by atoms with Gasteiger partial charge in [-0.25, -0.2) is 4.79 Å². The summed E-state index contributed by atoms with van der Waals surface area (Å²) in [6, 6.07) is 7.55. The van der Waals surface area contributed by atoms with Crippen LogP contribution < -0.4 is 5.56 Å². The Morgan fingerprint density at radius 3 is 2.68 bits per heavy atom. The Bertz CT molecular complexity index is 966. The highest BCUT2D eigenvalue weighted by atomic mass is 16.4. The second-order valence-corrected chi connectivity index (χ2v) is 5.15. The van der Waals surface area contributed by atoms with Crippen molar-refractivity contribution in [3.05, 3.63) is 51.9 Å². The standard InChI is InChI=1S/C16H14N2O4/c1-8-12(17-15(20)11(14(8)19)16(21)22)10-5-3-4-9-6-7-18(2)13(9)10/h3-7H,1-2H3,(H,21,22)(H2,17,19,20). The van der Waals surface area contributed by atoms with Crippen LogP contribution in [0.2, 0.25) is 0 Å². The number of pyridine rings is 1. The zero-order valence-electron chi connectivity index (χ0n) is 12.0. The van der Waals surface area contributed by atoms with Crippen molar-refractivity contribution in [3.63, 3.8) is 0 Å². The number of carboxylic acids is 1. The zero-order chi connectivity index (χ0) is 16.0. The van der Waals surface area contributed by atoms with Crippen molar-refractivity contribution in [2.24, 2.45) is 7.05 Å². The number of nitrogens with zero attached hydrogens (tertiary/aromatic N) is 1. The van der Waals surface area contributed by atoms with Crippen LogP contribution in [0.5, 0.6) is 5.75 Å². The van der Waals surface area contributed by atoms with Gasteiger partial charge in [-0.1, -0.05) is 18.2 Å². The van der Waals surface area contributed by atoms with Crippen molar-refractivity contribution in [2.75, 3.05) is 0 Å². The molecule has 112 valence electrons. The first-order valence-electron chi connectivity index (χ1n) is 6.65. The Balaban J connectivity index is 2.40. The maximum absolute atomic E-state index is 12.0. The lowest BCUT2D eigenvalue weighted by molar-refractivity contribution is 0.0691. The largest absolute Gasteiger partial charge is 0.506 e. The molecule has 0 amide bonds. The fraction of sp³-hybridized carbons (Fsp3) is 0.125. The lowest BCUT2D eigenvalue weighted by atomic mass is 10.0. The predicted molar refractivity (Wildman–Crippen MR) is 82.3 cm³/mol. The number of nitrogens with one attached hydrogen (secondary N) is 1. The van der Waals surface area contributed by atoms with Gasteiger partial charge in [0.05, 0.1) is 11.2 Å². The van der Waals surface area contributed by atoms with Crippen LogP contribution in [0.4, 0.5) is 0 Å². The first-order chi connectivity index (χ1) is 10.4. The molecular formula is C16H14N2O4. The molecular weight excluding hydrogens is 284 g/mol. The van der Waals surface area contributed by atoms with Crippen molar-refractivity contribution < 1.29 is 15.0 Å². The van der Waals surface area contributed by atoms with Crippen molar-refractivity contribution in [1.82, 2.24) is 9.55 Å². The van der Waals surface area contributed by atoms with E-state index in [0.29, 0.717) is 11.3 Å². The van der Waals surface area contributed by atoms with Gasteiger partial charge in [0.1, 0.15) is 5.75 Å². The minimum Gasteiger partial charge on any atom is -0.506 e. The number of hydrogen-bond acceptors (Lipinski definition) is 3. The van der Waals surface area contributed by atoms with Gasteiger partial charge < -0.3 is 19.8 Å². The molecule has 6 nitrogen and oxygen atoms in total.